The van der Waals surface area contributed by atoms with Crippen LogP contribution in [0.1, 0.15) is 11.1 Å². The number of aryl methyl sites for hydroxylation is 1. The molecule has 0 aromatic heterocycles. The molecule has 17 heavy (non-hydrogen) atoms. The average molecular weight is 253 g/mol. The molecule has 1 aromatic carbocycles. The van der Waals surface area contributed by atoms with Crippen LogP contribution in [0, 0.1) is 6.92 Å². The number of thiol groups is 1. The topological polar surface area (TPSA) is 66.4 Å². The Bertz CT molecular complexity index is 403. The van der Waals surface area contributed by atoms with Crippen molar-refractivity contribution in [1.29, 1.82) is 0 Å². The van der Waals surface area contributed by atoms with E-state index in [2.05, 4.69) is 17.9 Å². The van der Waals surface area contributed by atoms with Crippen LogP contribution in [0.2, 0.25) is 0 Å². The molecule has 0 aliphatic heterocycles. The van der Waals surface area contributed by atoms with Gasteiger partial charge in [0.15, 0.2) is 0 Å². The molecular formula is C12H15NO3S. The van der Waals surface area contributed by atoms with Crippen LogP contribution < -0.4 is 5.32 Å². The molecule has 1 amide bonds. The summed E-state index contributed by atoms with van der Waals surface area (Å²) in [6, 6.07) is 6.60. The van der Waals surface area contributed by atoms with Crippen molar-refractivity contribution in [3.8, 4) is 0 Å². The minimum Gasteiger partial charge on any atom is -0.480 e. The minimum atomic E-state index is -1.07. The van der Waals surface area contributed by atoms with Crippen LogP contribution in [0.4, 0.5) is 0 Å². The number of carbonyl (C=O) groups excluding carboxylic acids is 1. The molecule has 0 saturated carbocycles. The van der Waals surface area contributed by atoms with Crippen molar-refractivity contribution in [2.24, 2.45) is 0 Å². The van der Waals surface area contributed by atoms with E-state index < -0.39 is 12.0 Å². The van der Waals surface area contributed by atoms with Gasteiger partial charge in [-0.15, -0.1) is 0 Å². The Kier molecular flexibility index (Phi) is 5.03. The summed E-state index contributed by atoms with van der Waals surface area (Å²) in [4.78, 5) is 22.3. The van der Waals surface area contributed by atoms with Crippen molar-refractivity contribution in [1.82, 2.24) is 5.32 Å². The Labute approximate surface area is 105 Å². The van der Waals surface area contributed by atoms with Crippen LogP contribution in [0.5, 0.6) is 0 Å². The van der Waals surface area contributed by atoms with Gasteiger partial charge in [0.25, 0.3) is 0 Å². The molecular weight excluding hydrogens is 238 g/mol. The fraction of sp³-hybridized carbons (Fsp3) is 0.333. The third-order valence-corrected chi connectivity index (χ3v) is 2.67. The quantitative estimate of drug-likeness (QED) is 0.687. The van der Waals surface area contributed by atoms with Crippen molar-refractivity contribution < 1.29 is 14.7 Å². The number of hydrogen-bond acceptors (Lipinski definition) is 3. The lowest BCUT2D eigenvalue weighted by molar-refractivity contribution is -0.141. The Balaban J connectivity index is 2.54. The molecule has 0 radical (unpaired) electrons. The minimum absolute atomic E-state index is 0.0783. The molecule has 0 aliphatic carbocycles. The molecule has 4 nitrogen and oxygen atoms in total. The number of benzene rings is 1. The number of nitrogens with one attached hydrogen (secondary N) is 1. The number of amides is 1. The van der Waals surface area contributed by atoms with Crippen molar-refractivity contribution in [3.63, 3.8) is 0 Å². The summed E-state index contributed by atoms with van der Waals surface area (Å²) in [7, 11) is 0. The van der Waals surface area contributed by atoms with Gasteiger partial charge in [0.1, 0.15) is 6.04 Å². The molecule has 5 heteroatoms. The van der Waals surface area contributed by atoms with Crippen LogP contribution in [0.15, 0.2) is 24.3 Å². The first-order valence-corrected chi connectivity index (χ1v) is 5.84. The summed E-state index contributed by atoms with van der Waals surface area (Å²) in [5.74, 6) is -1.30. The lowest BCUT2D eigenvalue weighted by Crippen LogP contribution is -2.42. The average Bonchev–Trinajstić information content (AvgIpc) is 2.28. The number of carboxylic acids is 1. The predicted molar refractivity (Wildman–Crippen MR) is 68.3 cm³/mol. The highest BCUT2D eigenvalue weighted by molar-refractivity contribution is 7.80. The Morgan fingerprint density at radius 1 is 1.35 bits per heavy atom. The molecule has 1 unspecified atom stereocenters. The highest BCUT2D eigenvalue weighted by Gasteiger charge is 2.17. The highest BCUT2D eigenvalue weighted by Crippen LogP contribution is 2.04. The van der Waals surface area contributed by atoms with Gasteiger partial charge in [0.05, 0.1) is 6.42 Å². The second-order valence-electron chi connectivity index (χ2n) is 3.80. The van der Waals surface area contributed by atoms with Gasteiger partial charge in [-0.3, -0.25) is 4.79 Å². The number of carboxylic acid groups (broad SMARTS) is 1. The van der Waals surface area contributed by atoms with Gasteiger partial charge in [-0.25, -0.2) is 4.79 Å². The molecule has 1 rings (SSSR count). The summed E-state index contributed by atoms with van der Waals surface area (Å²) in [5.41, 5.74) is 1.98. The first kappa shape index (κ1) is 13.6. The van der Waals surface area contributed by atoms with E-state index in [1.807, 2.05) is 31.2 Å². The Morgan fingerprint density at radius 2 is 1.94 bits per heavy atom. The molecule has 1 atom stereocenters. The first-order valence-electron chi connectivity index (χ1n) is 5.21. The molecule has 0 saturated heterocycles. The van der Waals surface area contributed by atoms with E-state index in [1.165, 1.54) is 0 Å². The number of carbonyl (C=O) groups is 2. The third-order valence-electron chi connectivity index (χ3n) is 2.30. The maximum absolute atomic E-state index is 11.6. The standard InChI is InChI=1S/C12H15NO3S/c1-8-2-4-9(5-3-8)6-11(14)13-10(7-17)12(15)16/h2-5,10,17H,6-7H2,1H3,(H,13,14)(H,15,16). The lowest BCUT2D eigenvalue weighted by Gasteiger charge is -2.11. The van der Waals surface area contributed by atoms with E-state index in [4.69, 9.17) is 5.11 Å². The molecule has 1 aromatic rings. The van der Waals surface area contributed by atoms with E-state index >= 15 is 0 Å². The van der Waals surface area contributed by atoms with Gasteiger partial charge in [-0.05, 0) is 12.5 Å². The summed E-state index contributed by atoms with van der Waals surface area (Å²) >= 11 is 3.87. The Hall–Kier alpha value is -1.49. The molecule has 0 fully saturated rings. The fourth-order valence-electron chi connectivity index (χ4n) is 1.32. The normalized spacial score (nSPS) is 11.9. The molecule has 2 N–H and O–H groups in total. The third kappa shape index (κ3) is 4.48. The summed E-state index contributed by atoms with van der Waals surface area (Å²) < 4.78 is 0. The van der Waals surface area contributed by atoms with E-state index in [0.717, 1.165) is 11.1 Å². The monoisotopic (exact) mass is 253 g/mol. The number of aliphatic carboxylic acids is 1. The van der Waals surface area contributed by atoms with Crippen LogP contribution in [-0.4, -0.2) is 28.8 Å². The second kappa shape index (κ2) is 6.30. The van der Waals surface area contributed by atoms with E-state index in [0.29, 0.717) is 0 Å². The number of hydrogen-bond donors (Lipinski definition) is 3. The van der Waals surface area contributed by atoms with E-state index in [-0.39, 0.29) is 18.1 Å². The van der Waals surface area contributed by atoms with Gasteiger partial charge in [-0.2, -0.15) is 12.6 Å². The molecule has 0 bridgehead atoms. The molecule has 92 valence electrons. The summed E-state index contributed by atoms with van der Waals surface area (Å²) in [6.45, 7) is 1.96. The van der Waals surface area contributed by atoms with Crippen LogP contribution in [0.3, 0.4) is 0 Å². The zero-order chi connectivity index (χ0) is 12.8. The zero-order valence-electron chi connectivity index (χ0n) is 9.51. The second-order valence-corrected chi connectivity index (χ2v) is 4.17. The summed E-state index contributed by atoms with van der Waals surface area (Å²) in [6.07, 6.45) is 0.178. The van der Waals surface area contributed by atoms with Gasteiger partial charge in [0.2, 0.25) is 5.91 Å². The van der Waals surface area contributed by atoms with Crippen molar-refractivity contribution in [3.05, 3.63) is 35.4 Å². The maximum Gasteiger partial charge on any atom is 0.327 e. The van der Waals surface area contributed by atoms with E-state index in [1.54, 1.807) is 0 Å². The zero-order valence-corrected chi connectivity index (χ0v) is 10.4. The molecule has 0 aliphatic rings. The summed E-state index contributed by atoms with van der Waals surface area (Å²) in [5, 5.41) is 11.2. The van der Waals surface area contributed by atoms with Gasteiger partial charge in [0, 0.05) is 5.75 Å². The number of rotatable bonds is 5. The van der Waals surface area contributed by atoms with Crippen molar-refractivity contribution in [2.45, 2.75) is 19.4 Å². The van der Waals surface area contributed by atoms with Crippen molar-refractivity contribution >= 4 is 24.5 Å². The molecule has 0 spiro atoms. The largest absolute Gasteiger partial charge is 0.480 e. The van der Waals surface area contributed by atoms with Gasteiger partial charge >= 0.3 is 5.97 Å². The first-order chi connectivity index (χ1) is 8.02. The van der Waals surface area contributed by atoms with Crippen molar-refractivity contribution in [2.75, 3.05) is 5.75 Å². The Morgan fingerprint density at radius 3 is 2.41 bits per heavy atom. The smallest absolute Gasteiger partial charge is 0.327 e. The van der Waals surface area contributed by atoms with Gasteiger partial charge < -0.3 is 10.4 Å². The van der Waals surface area contributed by atoms with Gasteiger partial charge in [-0.1, -0.05) is 29.8 Å². The van der Waals surface area contributed by atoms with Crippen LogP contribution in [-0.2, 0) is 16.0 Å². The highest BCUT2D eigenvalue weighted by atomic mass is 32.1. The fourth-order valence-corrected chi connectivity index (χ4v) is 1.57. The predicted octanol–water partition coefficient (Wildman–Crippen LogP) is 1.04. The SMILES string of the molecule is Cc1ccc(CC(=O)NC(CS)C(=O)O)cc1. The van der Waals surface area contributed by atoms with Crippen LogP contribution >= 0.6 is 12.6 Å². The van der Waals surface area contributed by atoms with E-state index in [9.17, 15) is 9.59 Å². The van der Waals surface area contributed by atoms with Crippen LogP contribution in [0.25, 0.3) is 0 Å². The molecule has 0 heterocycles. The maximum atomic E-state index is 11.6. The lowest BCUT2D eigenvalue weighted by atomic mass is 10.1.